The third kappa shape index (κ3) is 2.92. The standard InChI is InChI=1S/C20H14N2OS/c23-20(22-17-10-11-19-18(12-17)21-13-24-19)16-8-6-15(7-9-16)14-4-2-1-3-5-14/h1-13H,(H,22,23). The van der Waals surface area contributed by atoms with E-state index in [-0.39, 0.29) is 5.91 Å². The quantitative estimate of drug-likeness (QED) is 0.560. The highest BCUT2D eigenvalue weighted by Gasteiger charge is 2.07. The Morgan fingerprint density at radius 1 is 0.875 bits per heavy atom. The minimum absolute atomic E-state index is 0.121. The maximum absolute atomic E-state index is 12.4. The Balaban J connectivity index is 1.53. The van der Waals surface area contributed by atoms with Crippen molar-refractivity contribution in [3.8, 4) is 11.1 Å². The van der Waals surface area contributed by atoms with Crippen LogP contribution in [0.15, 0.2) is 78.3 Å². The lowest BCUT2D eigenvalue weighted by Gasteiger charge is -2.07. The van der Waals surface area contributed by atoms with E-state index in [0.29, 0.717) is 5.56 Å². The Bertz CT molecular complexity index is 991. The molecule has 0 unspecified atom stereocenters. The van der Waals surface area contributed by atoms with Crippen LogP contribution in [-0.2, 0) is 0 Å². The van der Waals surface area contributed by atoms with Crippen LogP contribution in [0, 0.1) is 0 Å². The third-order valence-corrected chi connectivity index (χ3v) is 4.65. The van der Waals surface area contributed by atoms with E-state index in [4.69, 9.17) is 0 Å². The lowest BCUT2D eigenvalue weighted by molar-refractivity contribution is 0.102. The molecule has 0 saturated heterocycles. The highest BCUT2D eigenvalue weighted by molar-refractivity contribution is 7.16. The predicted octanol–water partition coefficient (Wildman–Crippen LogP) is 5.22. The van der Waals surface area contributed by atoms with Crippen molar-refractivity contribution in [2.24, 2.45) is 0 Å². The Labute approximate surface area is 143 Å². The fraction of sp³-hybridized carbons (Fsp3) is 0. The van der Waals surface area contributed by atoms with E-state index < -0.39 is 0 Å². The number of rotatable bonds is 3. The molecule has 1 amide bonds. The molecule has 0 saturated carbocycles. The number of anilines is 1. The van der Waals surface area contributed by atoms with E-state index in [1.807, 2.05) is 60.7 Å². The first-order valence-electron chi connectivity index (χ1n) is 7.60. The molecule has 1 heterocycles. The first-order valence-corrected chi connectivity index (χ1v) is 8.48. The lowest BCUT2D eigenvalue weighted by Crippen LogP contribution is -2.11. The summed E-state index contributed by atoms with van der Waals surface area (Å²) in [6.45, 7) is 0. The van der Waals surface area contributed by atoms with Crippen molar-refractivity contribution in [3.05, 3.63) is 83.9 Å². The molecule has 0 bridgehead atoms. The van der Waals surface area contributed by atoms with Gasteiger partial charge in [0.1, 0.15) is 0 Å². The van der Waals surface area contributed by atoms with Crippen LogP contribution in [0.5, 0.6) is 0 Å². The molecule has 0 radical (unpaired) electrons. The second kappa shape index (κ2) is 6.26. The van der Waals surface area contributed by atoms with Gasteiger partial charge in [-0.25, -0.2) is 4.98 Å². The zero-order valence-corrected chi connectivity index (χ0v) is 13.6. The second-order valence-corrected chi connectivity index (χ2v) is 6.32. The summed E-state index contributed by atoms with van der Waals surface area (Å²) < 4.78 is 1.11. The van der Waals surface area contributed by atoms with Gasteiger partial charge in [-0.15, -0.1) is 11.3 Å². The van der Waals surface area contributed by atoms with Gasteiger partial charge in [0, 0.05) is 11.3 Å². The number of carbonyl (C=O) groups is 1. The monoisotopic (exact) mass is 330 g/mol. The summed E-state index contributed by atoms with van der Waals surface area (Å²) >= 11 is 1.59. The molecule has 0 aliphatic rings. The molecule has 4 heteroatoms. The number of carbonyl (C=O) groups excluding carboxylic acids is 1. The van der Waals surface area contributed by atoms with Gasteiger partial charge in [0.25, 0.3) is 5.91 Å². The van der Waals surface area contributed by atoms with Crippen LogP contribution in [0.4, 0.5) is 5.69 Å². The highest BCUT2D eigenvalue weighted by atomic mass is 32.1. The molecule has 24 heavy (non-hydrogen) atoms. The number of aromatic nitrogens is 1. The zero-order chi connectivity index (χ0) is 16.4. The summed E-state index contributed by atoms with van der Waals surface area (Å²) in [5.41, 5.74) is 6.32. The van der Waals surface area contributed by atoms with Crippen molar-refractivity contribution in [1.29, 1.82) is 0 Å². The van der Waals surface area contributed by atoms with Gasteiger partial charge in [-0.2, -0.15) is 0 Å². The Kier molecular flexibility index (Phi) is 3.81. The summed E-state index contributed by atoms with van der Waals surface area (Å²) in [5.74, 6) is -0.121. The summed E-state index contributed by atoms with van der Waals surface area (Å²) in [4.78, 5) is 16.7. The largest absolute Gasteiger partial charge is 0.322 e. The number of nitrogens with one attached hydrogen (secondary N) is 1. The maximum Gasteiger partial charge on any atom is 0.255 e. The number of hydrogen-bond donors (Lipinski definition) is 1. The van der Waals surface area contributed by atoms with Gasteiger partial charge in [0.2, 0.25) is 0 Å². The Morgan fingerprint density at radius 2 is 1.62 bits per heavy atom. The van der Waals surface area contributed by atoms with E-state index in [1.54, 1.807) is 16.8 Å². The van der Waals surface area contributed by atoms with Crippen LogP contribution < -0.4 is 5.32 Å². The number of nitrogens with zero attached hydrogens (tertiary/aromatic N) is 1. The van der Waals surface area contributed by atoms with E-state index in [9.17, 15) is 4.79 Å². The average molecular weight is 330 g/mol. The van der Waals surface area contributed by atoms with Crippen molar-refractivity contribution in [2.45, 2.75) is 0 Å². The maximum atomic E-state index is 12.4. The Morgan fingerprint density at radius 3 is 2.42 bits per heavy atom. The molecule has 1 aromatic heterocycles. The summed E-state index contributed by atoms with van der Waals surface area (Å²) in [6.07, 6.45) is 0. The predicted molar refractivity (Wildman–Crippen MR) is 99.5 cm³/mol. The van der Waals surface area contributed by atoms with Crippen LogP contribution in [0.2, 0.25) is 0 Å². The number of fused-ring (bicyclic) bond motifs is 1. The molecule has 0 aliphatic carbocycles. The lowest BCUT2D eigenvalue weighted by atomic mass is 10.0. The van der Waals surface area contributed by atoms with Gasteiger partial charge in [-0.1, -0.05) is 42.5 Å². The topological polar surface area (TPSA) is 42.0 Å². The van der Waals surface area contributed by atoms with Crippen LogP contribution in [-0.4, -0.2) is 10.9 Å². The van der Waals surface area contributed by atoms with Crippen molar-refractivity contribution in [2.75, 3.05) is 5.32 Å². The van der Waals surface area contributed by atoms with Gasteiger partial charge in [0.15, 0.2) is 0 Å². The molecule has 4 aromatic rings. The SMILES string of the molecule is O=C(Nc1ccc2scnc2c1)c1ccc(-c2ccccc2)cc1. The minimum Gasteiger partial charge on any atom is -0.322 e. The van der Waals surface area contributed by atoms with E-state index in [1.165, 1.54) is 0 Å². The highest BCUT2D eigenvalue weighted by Crippen LogP contribution is 2.23. The molecule has 0 fully saturated rings. The molecule has 1 N–H and O–H groups in total. The fourth-order valence-corrected chi connectivity index (χ4v) is 3.24. The minimum atomic E-state index is -0.121. The summed E-state index contributed by atoms with van der Waals surface area (Å²) in [7, 11) is 0. The number of amides is 1. The third-order valence-electron chi connectivity index (χ3n) is 3.84. The van der Waals surface area contributed by atoms with E-state index in [2.05, 4.69) is 22.4 Å². The zero-order valence-electron chi connectivity index (χ0n) is 12.8. The van der Waals surface area contributed by atoms with Gasteiger partial charge in [-0.3, -0.25) is 4.79 Å². The van der Waals surface area contributed by atoms with Crippen molar-refractivity contribution in [1.82, 2.24) is 4.98 Å². The van der Waals surface area contributed by atoms with Crippen LogP contribution in [0.3, 0.4) is 0 Å². The molecular formula is C20H14N2OS. The molecule has 0 atom stereocenters. The smallest absolute Gasteiger partial charge is 0.255 e. The van der Waals surface area contributed by atoms with Crippen molar-refractivity contribution < 1.29 is 4.79 Å². The molecular weight excluding hydrogens is 316 g/mol. The number of thiazole rings is 1. The molecule has 0 spiro atoms. The van der Waals surface area contributed by atoms with Gasteiger partial charge < -0.3 is 5.32 Å². The first kappa shape index (κ1) is 14.6. The van der Waals surface area contributed by atoms with Crippen LogP contribution in [0.25, 0.3) is 21.3 Å². The van der Waals surface area contributed by atoms with E-state index in [0.717, 1.165) is 27.0 Å². The number of benzene rings is 3. The van der Waals surface area contributed by atoms with Gasteiger partial charge in [0.05, 0.1) is 15.7 Å². The molecule has 3 nitrogen and oxygen atoms in total. The Hall–Kier alpha value is -2.98. The second-order valence-electron chi connectivity index (χ2n) is 5.43. The van der Waals surface area contributed by atoms with Crippen molar-refractivity contribution in [3.63, 3.8) is 0 Å². The molecule has 0 aliphatic heterocycles. The molecule has 4 rings (SSSR count). The first-order chi connectivity index (χ1) is 11.8. The average Bonchev–Trinajstić information content (AvgIpc) is 3.10. The molecule has 116 valence electrons. The van der Waals surface area contributed by atoms with Crippen LogP contribution in [0.1, 0.15) is 10.4 Å². The van der Waals surface area contributed by atoms with Crippen LogP contribution >= 0.6 is 11.3 Å². The van der Waals surface area contributed by atoms with E-state index >= 15 is 0 Å². The normalized spacial score (nSPS) is 10.7. The van der Waals surface area contributed by atoms with Gasteiger partial charge in [-0.05, 0) is 41.5 Å². The van der Waals surface area contributed by atoms with Gasteiger partial charge >= 0.3 is 0 Å². The summed E-state index contributed by atoms with van der Waals surface area (Å²) in [6, 6.07) is 23.5. The summed E-state index contributed by atoms with van der Waals surface area (Å²) in [5, 5.41) is 2.93. The number of hydrogen-bond acceptors (Lipinski definition) is 3. The van der Waals surface area contributed by atoms with Crippen molar-refractivity contribution >= 4 is 33.1 Å². The fourth-order valence-electron chi connectivity index (χ4n) is 2.58. The molecule has 3 aromatic carbocycles.